The lowest BCUT2D eigenvalue weighted by molar-refractivity contribution is 0.0602. The molecule has 4 nitrogen and oxygen atoms in total. The van der Waals surface area contributed by atoms with Gasteiger partial charge in [0.05, 0.1) is 19.2 Å². The molecule has 3 rings (SSSR count). The number of hydrogen-bond donors (Lipinski definition) is 0. The number of ether oxygens (including phenoxy) is 1. The molecule has 0 aromatic carbocycles. The lowest BCUT2D eigenvalue weighted by atomic mass is 10.0. The van der Waals surface area contributed by atoms with E-state index in [1.165, 1.54) is 13.5 Å². The zero-order valence-corrected chi connectivity index (χ0v) is 13.4. The summed E-state index contributed by atoms with van der Waals surface area (Å²) in [6, 6.07) is 11.1. The number of fused-ring (bicyclic) bond motifs is 1. The van der Waals surface area contributed by atoms with Crippen molar-refractivity contribution in [3.05, 3.63) is 47.5 Å². The van der Waals surface area contributed by atoms with E-state index in [1.807, 2.05) is 30.3 Å². The Morgan fingerprint density at radius 1 is 1.00 bits per heavy atom. The Morgan fingerprint density at radius 3 is 2.30 bits per heavy atom. The van der Waals surface area contributed by atoms with Gasteiger partial charge < -0.3 is 4.74 Å². The van der Waals surface area contributed by atoms with Crippen LogP contribution in [0.15, 0.2) is 36.4 Å². The van der Waals surface area contributed by atoms with Gasteiger partial charge in [-0.05, 0) is 43.1 Å². The molecule has 0 aromatic heterocycles. The number of ketones is 1. The van der Waals surface area contributed by atoms with Gasteiger partial charge in [-0.3, -0.25) is 9.69 Å². The summed E-state index contributed by atoms with van der Waals surface area (Å²) in [6.07, 6.45) is 3.54. The number of piperidine rings is 1. The van der Waals surface area contributed by atoms with Gasteiger partial charge >= 0.3 is 5.97 Å². The zero-order valence-electron chi connectivity index (χ0n) is 13.4. The Bertz CT molecular complexity index is 689. The second-order valence-corrected chi connectivity index (χ2v) is 5.96. The molecule has 0 bridgehead atoms. The maximum absolute atomic E-state index is 12.8. The predicted molar refractivity (Wildman–Crippen MR) is 89.0 cm³/mol. The Balaban J connectivity index is 1.94. The Kier molecular flexibility index (Phi) is 4.72. The lowest BCUT2D eigenvalue weighted by Crippen LogP contribution is -2.34. The largest absolute Gasteiger partial charge is 0.465 e. The van der Waals surface area contributed by atoms with Crippen LogP contribution in [0.4, 0.5) is 0 Å². The fraction of sp³-hybridized carbons (Fsp3) is 0.368. The molecule has 0 N–H and O–H groups in total. The smallest absolute Gasteiger partial charge is 0.338 e. The number of Topliss-reactive ketones (excluding diaryl/α,β-unsaturated/α-hetero) is 1. The first-order valence-corrected chi connectivity index (χ1v) is 8.06. The third kappa shape index (κ3) is 3.27. The molecule has 0 atom stereocenters. The normalized spacial score (nSPS) is 15.5. The molecule has 23 heavy (non-hydrogen) atoms. The Hall–Kier alpha value is -2.20. The first kappa shape index (κ1) is 15.7. The number of carbonyl (C=O) groups is 2. The molecule has 0 spiro atoms. The second-order valence-electron chi connectivity index (χ2n) is 5.96. The van der Waals surface area contributed by atoms with E-state index in [0.29, 0.717) is 17.7 Å². The third-order valence-electron chi connectivity index (χ3n) is 4.43. The van der Waals surface area contributed by atoms with Crippen LogP contribution < -0.4 is 0 Å². The summed E-state index contributed by atoms with van der Waals surface area (Å²) < 4.78 is 4.86. The van der Waals surface area contributed by atoms with Crippen LogP contribution in [0.1, 0.15) is 40.0 Å². The molecule has 4 heteroatoms. The molecule has 0 radical (unpaired) electrons. The number of nitrogens with zero attached hydrogens (tertiary/aromatic N) is 1. The quantitative estimate of drug-likeness (QED) is 0.642. The van der Waals surface area contributed by atoms with Crippen LogP contribution >= 0.6 is 0 Å². The average Bonchev–Trinajstić information content (AvgIpc) is 2.77. The highest BCUT2D eigenvalue weighted by atomic mass is 16.5. The van der Waals surface area contributed by atoms with Crippen LogP contribution in [0.3, 0.4) is 0 Å². The van der Waals surface area contributed by atoms with Crippen LogP contribution in [0, 0.1) is 0 Å². The molecular weight excluding hydrogens is 290 g/mol. The molecular formula is C19H21NO3. The van der Waals surface area contributed by atoms with E-state index in [-0.39, 0.29) is 5.78 Å². The molecule has 0 unspecified atom stereocenters. The van der Waals surface area contributed by atoms with Gasteiger partial charge in [0, 0.05) is 5.56 Å². The van der Waals surface area contributed by atoms with Crippen molar-refractivity contribution in [2.24, 2.45) is 0 Å². The monoisotopic (exact) mass is 311 g/mol. The maximum atomic E-state index is 12.8. The van der Waals surface area contributed by atoms with E-state index in [1.54, 1.807) is 6.07 Å². The third-order valence-corrected chi connectivity index (χ3v) is 4.43. The fourth-order valence-corrected chi connectivity index (χ4v) is 3.23. The highest BCUT2D eigenvalue weighted by Gasteiger charge is 2.25. The summed E-state index contributed by atoms with van der Waals surface area (Å²) in [6.45, 7) is 2.36. The highest BCUT2D eigenvalue weighted by Crippen LogP contribution is 2.32. The standard InChI is InChI=1S/C19H21NO3/c1-23-19(22)17-12-16(14-8-4-2-5-9-15(14)17)18(21)13-20-10-6-3-7-11-20/h2,4-5,8-9,12H,3,6-7,10-11,13H2,1H3. The summed E-state index contributed by atoms with van der Waals surface area (Å²) in [5.74, 6) is -0.337. The summed E-state index contributed by atoms with van der Waals surface area (Å²) in [5.41, 5.74) is 2.66. The van der Waals surface area contributed by atoms with Gasteiger partial charge in [-0.15, -0.1) is 0 Å². The van der Waals surface area contributed by atoms with Crippen molar-refractivity contribution in [2.45, 2.75) is 19.3 Å². The molecule has 1 fully saturated rings. The molecule has 1 saturated heterocycles. The topological polar surface area (TPSA) is 46.6 Å². The SMILES string of the molecule is COC(=O)c1cc(C(=O)CN2CCCCC2)c2cccccc1-2. The van der Waals surface area contributed by atoms with E-state index in [0.717, 1.165) is 37.1 Å². The lowest BCUT2D eigenvalue weighted by Gasteiger charge is -2.25. The minimum atomic E-state index is -0.404. The van der Waals surface area contributed by atoms with Crippen LogP contribution in [0.5, 0.6) is 0 Å². The highest BCUT2D eigenvalue weighted by molar-refractivity contribution is 6.10. The number of likely N-dealkylation sites (tertiary alicyclic amines) is 1. The zero-order chi connectivity index (χ0) is 16.2. The summed E-state index contributed by atoms with van der Waals surface area (Å²) in [4.78, 5) is 27.0. The van der Waals surface area contributed by atoms with Crippen LogP contribution in [-0.2, 0) is 4.74 Å². The Labute approximate surface area is 136 Å². The van der Waals surface area contributed by atoms with Gasteiger partial charge in [-0.25, -0.2) is 4.79 Å². The Morgan fingerprint density at radius 2 is 1.65 bits per heavy atom. The van der Waals surface area contributed by atoms with Crippen molar-refractivity contribution >= 4 is 11.8 Å². The van der Waals surface area contributed by atoms with Crippen LogP contribution in [-0.4, -0.2) is 43.4 Å². The van der Waals surface area contributed by atoms with Crippen LogP contribution in [0.25, 0.3) is 11.1 Å². The molecule has 2 aliphatic carbocycles. The number of carbonyl (C=O) groups excluding carboxylic acids is 2. The first-order chi connectivity index (χ1) is 11.2. The minimum absolute atomic E-state index is 0.0678. The van der Waals surface area contributed by atoms with Gasteiger partial charge in [0.15, 0.2) is 5.78 Å². The van der Waals surface area contributed by atoms with E-state index in [9.17, 15) is 9.59 Å². The van der Waals surface area contributed by atoms with Gasteiger partial charge in [0.1, 0.15) is 0 Å². The molecule has 0 aromatic rings. The van der Waals surface area contributed by atoms with E-state index < -0.39 is 5.97 Å². The summed E-state index contributed by atoms with van der Waals surface area (Å²) >= 11 is 0. The van der Waals surface area contributed by atoms with Gasteiger partial charge in [-0.1, -0.05) is 36.8 Å². The molecule has 0 amide bonds. The number of esters is 1. The van der Waals surface area contributed by atoms with Crippen molar-refractivity contribution < 1.29 is 14.3 Å². The molecule has 0 saturated carbocycles. The van der Waals surface area contributed by atoms with E-state index >= 15 is 0 Å². The minimum Gasteiger partial charge on any atom is -0.465 e. The molecule has 1 aliphatic heterocycles. The predicted octanol–water partition coefficient (Wildman–Crippen LogP) is 3.25. The fourth-order valence-electron chi connectivity index (χ4n) is 3.23. The summed E-state index contributed by atoms with van der Waals surface area (Å²) in [5, 5.41) is 0. The molecule has 3 aliphatic rings. The van der Waals surface area contributed by atoms with Crippen molar-refractivity contribution in [1.29, 1.82) is 0 Å². The first-order valence-electron chi connectivity index (χ1n) is 8.06. The number of methoxy groups -OCH3 is 1. The van der Waals surface area contributed by atoms with Gasteiger partial charge in [0.2, 0.25) is 0 Å². The second kappa shape index (κ2) is 6.92. The number of rotatable bonds is 4. The maximum Gasteiger partial charge on any atom is 0.338 e. The van der Waals surface area contributed by atoms with Gasteiger partial charge in [-0.2, -0.15) is 0 Å². The van der Waals surface area contributed by atoms with Crippen LogP contribution in [0.2, 0.25) is 0 Å². The van der Waals surface area contributed by atoms with Crippen molar-refractivity contribution in [2.75, 3.05) is 26.7 Å². The number of hydrogen-bond acceptors (Lipinski definition) is 4. The molecule has 1 heterocycles. The van der Waals surface area contributed by atoms with E-state index in [4.69, 9.17) is 4.74 Å². The van der Waals surface area contributed by atoms with Crippen molar-refractivity contribution in [3.63, 3.8) is 0 Å². The van der Waals surface area contributed by atoms with E-state index in [2.05, 4.69) is 4.90 Å². The van der Waals surface area contributed by atoms with Gasteiger partial charge in [0.25, 0.3) is 0 Å². The van der Waals surface area contributed by atoms with Crippen molar-refractivity contribution in [1.82, 2.24) is 4.90 Å². The van der Waals surface area contributed by atoms with Crippen molar-refractivity contribution in [3.8, 4) is 11.1 Å². The average molecular weight is 311 g/mol. The molecule has 120 valence electrons. The summed E-state index contributed by atoms with van der Waals surface area (Å²) in [7, 11) is 1.36.